The Kier molecular flexibility index (Phi) is 8.95. The summed E-state index contributed by atoms with van der Waals surface area (Å²) < 4.78 is 17.4. The zero-order valence-corrected chi connectivity index (χ0v) is 20.2. The van der Waals surface area contributed by atoms with Gasteiger partial charge in [0.15, 0.2) is 17.2 Å². The van der Waals surface area contributed by atoms with Gasteiger partial charge in [-0.2, -0.15) is 0 Å². The first kappa shape index (κ1) is 25.8. The lowest BCUT2D eigenvalue weighted by Gasteiger charge is -2.25. The van der Waals surface area contributed by atoms with E-state index in [-0.39, 0.29) is 36.3 Å². The van der Waals surface area contributed by atoms with Gasteiger partial charge in [-0.05, 0) is 30.0 Å². The van der Waals surface area contributed by atoms with Crippen molar-refractivity contribution in [3.63, 3.8) is 0 Å². The Morgan fingerprint density at radius 2 is 1.73 bits per heavy atom. The average Bonchev–Trinajstić information content (AvgIpc) is 2.77. The highest BCUT2D eigenvalue weighted by atomic mass is 16.5. The minimum Gasteiger partial charge on any atom is -0.493 e. The Morgan fingerprint density at radius 1 is 1.12 bits per heavy atom. The van der Waals surface area contributed by atoms with Crippen LogP contribution in [0.25, 0.3) is 0 Å². The van der Waals surface area contributed by atoms with Crippen LogP contribution in [0.15, 0.2) is 21.7 Å². The van der Waals surface area contributed by atoms with Crippen LogP contribution < -0.4 is 36.1 Å². The molecule has 1 heterocycles. The van der Waals surface area contributed by atoms with Gasteiger partial charge in [0, 0.05) is 13.1 Å². The monoisotopic (exact) mass is 462 g/mol. The molecule has 0 fully saturated rings. The summed E-state index contributed by atoms with van der Waals surface area (Å²) in [6.07, 6.45) is 1.42. The van der Waals surface area contributed by atoms with Crippen LogP contribution in [0.2, 0.25) is 0 Å². The van der Waals surface area contributed by atoms with E-state index in [1.807, 2.05) is 20.8 Å². The summed E-state index contributed by atoms with van der Waals surface area (Å²) >= 11 is 0. The summed E-state index contributed by atoms with van der Waals surface area (Å²) in [4.78, 5) is 42.2. The van der Waals surface area contributed by atoms with Crippen molar-refractivity contribution in [1.82, 2.24) is 9.55 Å². The molecule has 0 aliphatic heterocycles. The standard InChI is InChI=1S/C23H34N4O6/c1-7-8-9-26(19-21(24)27(13-14(2)3)23(30)25-22(19)29)18(28)12-15-10-16(31-4)20(33-6)17(11-15)32-5/h10-11,14H,7-9,12-13,24H2,1-6H3,(H,25,29,30). The number of hydrogen-bond donors (Lipinski definition) is 2. The second kappa shape index (κ2) is 11.4. The number of anilines is 2. The first-order valence-electron chi connectivity index (χ1n) is 10.9. The van der Waals surface area contributed by atoms with Gasteiger partial charge in [-0.25, -0.2) is 4.79 Å². The van der Waals surface area contributed by atoms with Gasteiger partial charge in [-0.1, -0.05) is 27.2 Å². The van der Waals surface area contributed by atoms with E-state index in [1.165, 1.54) is 30.8 Å². The number of rotatable bonds is 11. The molecule has 10 heteroatoms. The van der Waals surface area contributed by atoms with E-state index in [2.05, 4.69) is 4.98 Å². The zero-order chi connectivity index (χ0) is 24.7. The van der Waals surface area contributed by atoms with Gasteiger partial charge in [0.1, 0.15) is 5.82 Å². The van der Waals surface area contributed by atoms with Crippen LogP contribution in [-0.2, 0) is 17.8 Å². The fourth-order valence-electron chi connectivity index (χ4n) is 3.57. The number of hydrogen-bond acceptors (Lipinski definition) is 7. The summed E-state index contributed by atoms with van der Waals surface area (Å²) in [6.45, 7) is 6.45. The quantitative estimate of drug-likeness (QED) is 0.524. The largest absolute Gasteiger partial charge is 0.493 e. The number of aromatic amines is 1. The minimum atomic E-state index is -0.688. The number of carbonyl (C=O) groups excluding carboxylic acids is 1. The van der Waals surface area contributed by atoms with Crippen molar-refractivity contribution in [2.24, 2.45) is 5.92 Å². The van der Waals surface area contributed by atoms with Gasteiger partial charge in [0.2, 0.25) is 11.7 Å². The summed E-state index contributed by atoms with van der Waals surface area (Å²) in [5, 5.41) is 0. The molecule has 0 aliphatic rings. The highest BCUT2D eigenvalue weighted by Crippen LogP contribution is 2.38. The van der Waals surface area contributed by atoms with Crippen molar-refractivity contribution in [3.8, 4) is 17.2 Å². The molecule has 0 saturated heterocycles. The van der Waals surface area contributed by atoms with E-state index in [4.69, 9.17) is 19.9 Å². The third-order valence-electron chi connectivity index (χ3n) is 5.15. The molecule has 0 spiro atoms. The Bertz CT molecular complexity index is 1060. The summed E-state index contributed by atoms with van der Waals surface area (Å²) in [6, 6.07) is 3.37. The highest BCUT2D eigenvalue weighted by molar-refractivity contribution is 5.97. The summed E-state index contributed by atoms with van der Waals surface area (Å²) in [5.74, 6) is 1.00. The van der Waals surface area contributed by atoms with Crippen LogP contribution in [0, 0.1) is 5.92 Å². The molecule has 1 aromatic heterocycles. The predicted octanol–water partition coefficient (Wildman–Crippen LogP) is 2.18. The van der Waals surface area contributed by atoms with E-state index in [1.54, 1.807) is 12.1 Å². The number of nitrogens with two attached hydrogens (primary N) is 1. The topological polar surface area (TPSA) is 129 Å². The van der Waals surface area contributed by atoms with Crippen molar-refractivity contribution in [1.29, 1.82) is 0 Å². The normalized spacial score (nSPS) is 10.9. The number of nitrogens with zero attached hydrogens (tertiary/aromatic N) is 2. The van der Waals surface area contributed by atoms with Crippen molar-refractivity contribution in [3.05, 3.63) is 38.5 Å². The van der Waals surface area contributed by atoms with Gasteiger partial charge in [0.25, 0.3) is 5.56 Å². The lowest BCUT2D eigenvalue weighted by Crippen LogP contribution is -2.42. The van der Waals surface area contributed by atoms with E-state index in [0.29, 0.717) is 35.8 Å². The molecule has 0 aliphatic carbocycles. The average molecular weight is 463 g/mol. The number of amides is 1. The van der Waals surface area contributed by atoms with Crippen LogP contribution in [0.4, 0.5) is 11.5 Å². The second-order valence-electron chi connectivity index (χ2n) is 8.11. The molecule has 182 valence electrons. The van der Waals surface area contributed by atoms with E-state index in [0.717, 1.165) is 6.42 Å². The third kappa shape index (κ3) is 5.88. The Morgan fingerprint density at radius 3 is 2.21 bits per heavy atom. The number of nitrogen functional groups attached to an aromatic ring is 1. The fourth-order valence-corrected chi connectivity index (χ4v) is 3.57. The molecule has 0 unspecified atom stereocenters. The van der Waals surface area contributed by atoms with E-state index >= 15 is 0 Å². The number of ether oxygens (including phenoxy) is 3. The summed E-state index contributed by atoms with van der Waals surface area (Å²) in [7, 11) is 4.49. The van der Waals surface area contributed by atoms with Crippen molar-refractivity contribution in [2.45, 2.75) is 46.6 Å². The van der Waals surface area contributed by atoms with Crippen molar-refractivity contribution in [2.75, 3.05) is 38.5 Å². The van der Waals surface area contributed by atoms with Crippen LogP contribution in [0.5, 0.6) is 17.2 Å². The molecule has 2 rings (SSSR count). The van der Waals surface area contributed by atoms with Crippen LogP contribution in [0.1, 0.15) is 39.2 Å². The van der Waals surface area contributed by atoms with Gasteiger partial charge >= 0.3 is 5.69 Å². The summed E-state index contributed by atoms with van der Waals surface area (Å²) in [5.41, 5.74) is 5.58. The molecule has 0 bridgehead atoms. The number of H-pyrrole nitrogens is 1. The van der Waals surface area contributed by atoms with Crippen LogP contribution in [0.3, 0.4) is 0 Å². The Labute approximate surface area is 193 Å². The molecule has 3 N–H and O–H groups in total. The fraction of sp³-hybridized carbons (Fsp3) is 0.522. The van der Waals surface area contributed by atoms with E-state index in [9.17, 15) is 14.4 Å². The van der Waals surface area contributed by atoms with Crippen LogP contribution in [-0.4, -0.2) is 43.3 Å². The maximum atomic E-state index is 13.4. The van der Waals surface area contributed by atoms with Crippen molar-refractivity contribution >= 4 is 17.4 Å². The molecule has 2 aromatic rings. The van der Waals surface area contributed by atoms with Crippen molar-refractivity contribution < 1.29 is 19.0 Å². The van der Waals surface area contributed by atoms with Gasteiger partial charge < -0.3 is 24.8 Å². The molecule has 1 aromatic carbocycles. The predicted molar refractivity (Wildman–Crippen MR) is 128 cm³/mol. The maximum absolute atomic E-state index is 13.4. The highest BCUT2D eigenvalue weighted by Gasteiger charge is 2.25. The van der Waals surface area contributed by atoms with Crippen LogP contribution >= 0.6 is 0 Å². The molecule has 0 saturated carbocycles. The number of benzene rings is 1. The first-order chi connectivity index (χ1) is 15.7. The SMILES string of the molecule is CCCCN(C(=O)Cc1cc(OC)c(OC)c(OC)c1)c1c(N)n(CC(C)C)c(=O)[nH]c1=O. The second-order valence-corrected chi connectivity index (χ2v) is 8.11. The molecule has 0 atom stereocenters. The zero-order valence-electron chi connectivity index (χ0n) is 20.2. The number of carbonyl (C=O) groups is 1. The number of aromatic nitrogens is 2. The first-order valence-corrected chi connectivity index (χ1v) is 10.9. The van der Waals surface area contributed by atoms with Gasteiger partial charge in [0.05, 0.1) is 27.8 Å². The Hall–Kier alpha value is -3.43. The molecule has 33 heavy (non-hydrogen) atoms. The maximum Gasteiger partial charge on any atom is 0.330 e. The Balaban J connectivity index is 2.54. The number of unbranched alkanes of at least 4 members (excludes halogenated alkanes) is 1. The number of methoxy groups -OCH3 is 3. The number of nitrogens with one attached hydrogen (secondary N) is 1. The van der Waals surface area contributed by atoms with Gasteiger partial charge in [-0.3, -0.25) is 19.1 Å². The lowest BCUT2D eigenvalue weighted by molar-refractivity contribution is -0.118. The lowest BCUT2D eigenvalue weighted by atomic mass is 10.1. The molecule has 10 nitrogen and oxygen atoms in total. The van der Waals surface area contributed by atoms with Gasteiger partial charge in [-0.15, -0.1) is 0 Å². The minimum absolute atomic E-state index is 0.0128. The molecular weight excluding hydrogens is 428 g/mol. The third-order valence-corrected chi connectivity index (χ3v) is 5.15. The smallest absolute Gasteiger partial charge is 0.330 e. The molecule has 0 radical (unpaired) electrons. The molecular formula is C23H34N4O6. The van der Waals surface area contributed by atoms with E-state index < -0.39 is 11.2 Å². The molecule has 1 amide bonds.